The number of nitrogens with zero attached hydrogens (tertiary/aromatic N) is 2. The molecular formula is C16H17N3. The summed E-state index contributed by atoms with van der Waals surface area (Å²) in [4.78, 5) is 4.31. The largest absolute Gasteiger partial charge is 0.307 e. The van der Waals surface area contributed by atoms with Gasteiger partial charge in [-0.2, -0.15) is 5.26 Å². The first-order valence-electron chi connectivity index (χ1n) is 6.40. The van der Waals surface area contributed by atoms with E-state index in [9.17, 15) is 5.26 Å². The highest BCUT2D eigenvalue weighted by atomic mass is 14.9. The van der Waals surface area contributed by atoms with Crippen LogP contribution in [0.4, 0.5) is 0 Å². The lowest BCUT2D eigenvalue weighted by Crippen LogP contribution is -2.24. The minimum Gasteiger partial charge on any atom is -0.307 e. The van der Waals surface area contributed by atoms with Crippen LogP contribution < -0.4 is 5.32 Å². The zero-order chi connectivity index (χ0) is 13.5. The fourth-order valence-electron chi connectivity index (χ4n) is 1.95. The van der Waals surface area contributed by atoms with Gasteiger partial charge in [-0.15, -0.1) is 0 Å². The summed E-state index contributed by atoms with van der Waals surface area (Å²) in [6.45, 7) is 2.68. The molecule has 0 saturated carbocycles. The maximum atomic E-state index is 9.26. The zero-order valence-electron chi connectivity index (χ0n) is 11.0. The summed E-state index contributed by atoms with van der Waals surface area (Å²) >= 11 is 0. The zero-order valence-corrected chi connectivity index (χ0v) is 11.0. The van der Waals surface area contributed by atoms with Crippen molar-refractivity contribution in [2.45, 2.75) is 18.9 Å². The Morgan fingerprint density at radius 1 is 1.16 bits per heavy atom. The molecule has 2 unspecified atom stereocenters. The van der Waals surface area contributed by atoms with Crippen LogP contribution in [-0.2, 0) is 0 Å². The van der Waals surface area contributed by atoms with Crippen molar-refractivity contribution in [1.29, 1.82) is 5.26 Å². The van der Waals surface area contributed by atoms with Gasteiger partial charge in [0.25, 0.3) is 0 Å². The van der Waals surface area contributed by atoms with Crippen LogP contribution >= 0.6 is 0 Å². The lowest BCUT2D eigenvalue weighted by Gasteiger charge is -2.16. The Morgan fingerprint density at radius 2 is 1.89 bits per heavy atom. The molecule has 0 radical (unpaired) electrons. The van der Waals surface area contributed by atoms with E-state index in [1.807, 2.05) is 48.5 Å². The Morgan fingerprint density at radius 3 is 2.53 bits per heavy atom. The molecule has 0 aliphatic carbocycles. The topological polar surface area (TPSA) is 48.7 Å². The standard InChI is InChI=1S/C16H17N3/c1-13(16-9-5-6-10-18-16)19-12-15(11-17)14-7-3-2-4-8-14/h2-10,13,15,19H,12H2,1H3. The van der Waals surface area contributed by atoms with E-state index < -0.39 is 0 Å². The summed E-state index contributed by atoms with van der Waals surface area (Å²) in [7, 11) is 0. The minimum atomic E-state index is -0.132. The third-order valence-corrected chi connectivity index (χ3v) is 3.12. The molecule has 19 heavy (non-hydrogen) atoms. The van der Waals surface area contributed by atoms with Gasteiger partial charge in [-0.05, 0) is 24.6 Å². The third-order valence-electron chi connectivity index (χ3n) is 3.12. The lowest BCUT2D eigenvalue weighted by molar-refractivity contribution is 0.547. The molecule has 1 N–H and O–H groups in total. The molecule has 0 saturated heterocycles. The Kier molecular flexibility index (Phi) is 4.66. The van der Waals surface area contributed by atoms with E-state index in [-0.39, 0.29) is 12.0 Å². The maximum absolute atomic E-state index is 9.26. The van der Waals surface area contributed by atoms with Gasteiger partial charge >= 0.3 is 0 Å². The van der Waals surface area contributed by atoms with E-state index in [4.69, 9.17) is 0 Å². The van der Waals surface area contributed by atoms with Gasteiger partial charge in [0.1, 0.15) is 0 Å². The first-order chi connectivity index (χ1) is 9.31. The predicted molar refractivity (Wildman–Crippen MR) is 75.5 cm³/mol. The number of aromatic nitrogens is 1. The monoisotopic (exact) mass is 251 g/mol. The van der Waals surface area contributed by atoms with Gasteiger partial charge in [-0.1, -0.05) is 36.4 Å². The van der Waals surface area contributed by atoms with Gasteiger partial charge in [0.15, 0.2) is 0 Å². The van der Waals surface area contributed by atoms with Crippen LogP contribution in [0.15, 0.2) is 54.7 Å². The van der Waals surface area contributed by atoms with E-state index >= 15 is 0 Å². The van der Waals surface area contributed by atoms with Gasteiger partial charge < -0.3 is 5.32 Å². The van der Waals surface area contributed by atoms with Crippen LogP contribution in [0.3, 0.4) is 0 Å². The van der Waals surface area contributed by atoms with E-state index in [1.54, 1.807) is 6.20 Å². The molecular weight excluding hydrogens is 234 g/mol. The Hall–Kier alpha value is -2.18. The first-order valence-corrected chi connectivity index (χ1v) is 6.40. The average molecular weight is 251 g/mol. The molecule has 0 fully saturated rings. The van der Waals surface area contributed by atoms with E-state index in [0.717, 1.165) is 11.3 Å². The highest BCUT2D eigenvalue weighted by Crippen LogP contribution is 2.15. The Labute approximate surface area is 113 Å². The van der Waals surface area contributed by atoms with Gasteiger partial charge in [0, 0.05) is 18.8 Å². The highest BCUT2D eigenvalue weighted by molar-refractivity contribution is 5.25. The van der Waals surface area contributed by atoms with E-state index in [2.05, 4.69) is 23.3 Å². The predicted octanol–water partition coefficient (Wildman–Crippen LogP) is 3.04. The van der Waals surface area contributed by atoms with Crippen molar-refractivity contribution >= 4 is 0 Å². The molecule has 0 bridgehead atoms. The number of hydrogen-bond donors (Lipinski definition) is 1. The SMILES string of the molecule is CC(NCC(C#N)c1ccccc1)c1ccccn1. The first kappa shape index (κ1) is 13.3. The molecule has 3 nitrogen and oxygen atoms in total. The van der Waals surface area contributed by atoms with Crippen LogP contribution in [0.1, 0.15) is 30.1 Å². The quantitative estimate of drug-likeness (QED) is 0.888. The molecule has 2 aromatic rings. The molecule has 0 amide bonds. The number of rotatable bonds is 5. The summed E-state index contributed by atoms with van der Waals surface area (Å²) in [5, 5.41) is 12.6. The fraction of sp³-hybridized carbons (Fsp3) is 0.250. The van der Waals surface area contributed by atoms with Gasteiger partial charge in [-0.25, -0.2) is 0 Å². The molecule has 0 aliphatic heterocycles. The van der Waals surface area contributed by atoms with Crippen molar-refractivity contribution in [2.75, 3.05) is 6.54 Å². The molecule has 0 spiro atoms. The van der Waals surface area contributed by atoms with Crippen molar-refractivity contribution in [2.24, 2.45) is 0 Å². The highest BCUT2D eigenvalue weighted by Gasteiger charge is 2.12. The van der Waals surface area contributed by atoms with Crippen molar-refractivity contribution in [3.8, 4) is 6.07 Å². The maximum Gasteiger partial charge on any atom is 0.0837 e. The molecule has 3 heteroatoms. The molecule has 2 rings (SSSR count). The molecule has 1 aromatic carbocycles. The number of nitriles is 1. The summed E-state index contributed by atoms with van der Waals surface area (Å²) in [6.07, 6.45) is 1.78. The molecule has 96 valence electrons. The number of hydrogen-bond acceptors (Lipinski definition) is 3. The van der Waals surface area contributed by atoms with Gasteiger partial charge in [-0.3, -0.25) is 4.98 Å². The molecule has 0 aliphatic rings. The normalized spacial score (nSPS) is 13.5. The molecule has 2 atom stereocenters. The Balaban J connectivity index is 1.96. The number of benzene rings is 1. The lowest BCUT2D eigenvalue weighted by atomic mass is 10.0. The average Bonchev–Trinajstić information content (AvgIpc) is 2.49. The third kappa shape index (κ3) is 3.64. The summed E-state index contributed by atoms with van der Waals surface area (Å²) in [5.41, 5.74) is 2.04. The summed E-state index contributed by atoms with van der Waals surface area (Å²) in [5.74, 6) is -0.132. The van der Waals surface area contributed by atoms with E-state index in [1.165, 1.54) is 0 Å². The second-order valence-electron chi connectivity index (χ2n) is 4.48. The number of pyridine rings is 1. The van der Waals surface area contributed by atoms with Crippen LogP contribution in [-0.4, -0.2) is 11.5 Å². The van der Waals surface area contributed by atoms with Crippen LogP contribution in [0.25, 0.3) is 0 Å². The van der Waals surface area contributed by atoms with Crippen molar-refractivity contribution < 1.29 is 0 Å². The molecule has 1 heterocycles. The van der Waals surface area contributed by atoms with Crippen LogP contribution in [0, 0.1) is 11.3 Å². The summed E-state index contributed by atoms with van der Waals surface area (Å²) < 4.78 is 0. The van der Waals surface area contributed by atoms with E-state index in [0.29, 0.717) is 6.54 Å². The smallest absolute Gasteiger partial charge is 0.0837 e. The number of nitrogens with one attached hydrogen (secondary N) is 1. The van der Waals surface area contributed by atoms with Gasteiger partial charge in [0.2, 0.25) is 0 Å². The molecule has 1 aromatic heterocycles. The van der Waals surface area contributed by atoms with Crippen LogP contribution in [0.5, 0.6) is 0 Å². The second-order valence-corrected chi connectivity index (χ2v) is 4.48. The Bertz CT molecular complexity index is 531. The van der Waals surface area contributed by atoms with Crippen LogP contribution in [0.2, 0.25) is 0 Å². The second kappa shape index (κ2) is 6.67. The van der Waals surface area contributed by atoms with Gasteiger partial charge in [0.05, 0.1) is 17.7 Å². The summed E-state index contributed by atoms with van der Waals surface area (Å²) in [6, 6.07) is 18.2. The van der Waals surface area contributed by atoms with Crippen molar-refractivity contribution in [3.63, 3.8) is 0 Å². The fourth-order valence-corrected chi connectivity index (χ4v) is 1.95. The minimum absolute atomic E-state index is 0.132. The van der Waals surface area contributed by atoms with Crippen molar-refractivity contribution in [1.82, 2.24) is 10.3 Å². The van der Waals surface area contributed by atoms with Crippen molar-refractivity contribution in [3.05, 3.63) is 66.0 Å².